The molecular weight excluding hydrogens is 652 g/mol. The van der Waals surface area contributed by atoms with Gasteiger partial charge in [-0.25, -0.2) is 0 Å². The van der Waals surface area contributed by atoms with Crippen LogP contribution in [0, 0.1) is 17.3 Å². The van der Waals surface area contributed by atoms with Crippen molar-refractivity contribution in [3.05, 3.63) is 82.6 Å². The molecule has 6 heterocycles. The van der Waals surface area contributed by atoms with Gasteiger partial charge in [0.25, 0.3) is 0 Å². The molecule has 0 amide bonds. The van der Waals surface area contributed by atoms with Crippen molar-refractivity contribution < 1.29 is 23.8 Å². The van der Waals surface area contributed by atoms with Crippen LogP contribution in [0.4, 0.5) is 5.69 Å². The first-order valence-electron chi connectivity index (χ1n) is 19.4. The topological polar surface area (TPSA) is 96.1 Å². The number of ether oxygens (including phenoxy) is 3. The molecular formula is C43H52N4O5. The number of aromatic amines is 1. The van der Waals surface area contributed by atoms with Gasteiger partial charge in [-0.05, 0) is 74.2 Å². The van der Waals surface area contributed by atoms with E-state index in [1.54, 1.807) is 7.11 Å². The Morgan fingerprint density at radius 2 is 1.87 bits per heavy atom. The van der Waals surface area contributed by atoms with Crippen LogP contribution in [0.25, 0.3) is 10.9 Å². The number of carbonyl (C=O) groups excluding carboxylic acids is 2. The van der Waals surface area contributed by atoms with Gasteiger partial charge in [0.2, 0.25) is 0 Å². The maximum absolute atomic E-state index is 15.1. The molecule has 8 atom stereocenters. The standard InChI is InChI=1S/C43H52N4O5/c1-6-26-19-27-22-43(40(49)52-5,36-29(13-17-46(24-26)25-27)28-11-8-9-12-33(28)44-36)32-20-31-34(21-35(32)50-3)45-37-30(38(48)51-4)23-41(7-2)14-10-16-47-18-15-42(31,37)39(41)47/h8-12,14,19-21,27,30,37,39,44-45H,6-7,13,15-18,22-25H2,1-5H3/t27-,30+,37+,39+,41+,42+,43+/m1/s1. The summed E-state index contributed by atoms with van der Waals surface area (Å²) in [7, 11) is 4.75. The molecule has 274 valence electrons. The lowest BCUT2D eigenvalue weighted by atomic mass is 9.50. The zero-order chi connectivity index (χ0) is 36.0. The van der Waals surface area contributed by atoms with Crippen molar-refractivity contribution in [2.24, 2.45) is 17.3 Å². The predicted molar refractivity (Wildman–Crippen MR) is 202 cm³/mol. The maximum atomic E-state index is 15.1. The van der Waals surface area contributed by atoms with Crippen LogP contribution in [0.1, 0.15) is 68.3 Å². The van der Waals surface area contributed by atoms with Gasteiger partial charge in [-0.15, -0.1) is 0 Å². The van der Waals surface area contributed by atoms with Gasteiger partial charge in [-0.2, -0.15) is 0 Å². The molecule has 52 heavy (non-hydrogen) atoms. The van der Waals surface area contributed by atoms with Gasteiger partial charge in [0.15, 0.2) is 0 Å². The summed E-state index contributed by atoms with van der Waals surface area (Å²) in [4.78, 5) is 37.9. The number of nitrogens with one attached hydrogen (secondary N) is 2. The summed E-state index contributed by atoms with van der Waals surface area (Å²) in [5.74, 6) is 0.00962. The second-order valence-electron chi connectivity index (χ2n) is 16.3. The van der Waals surface area contributed by atoms with Crippen LogP contribution in [0.2, 0.25) is 0 Å². The van der Waals surface area contributed by atoms with Crippen molar-refractivity contribution in [1.29, 1.82) is 0 Å². The molecule has 1 aliphatic carbocycles. The number of rotatable bonds is 6. The number of benzene rings is 2. The molecule has 1 spiro atoms. The molecule has 1 saturated heterocycles. The highest BCUT2D eigenvalue weighted by Gasteiger charge is 2.69. The second kappa shape index (κ2) is 12.2. The van der Waals surface area contributed by atoms with Gasteiger partial charge in [-0.1, -0.05) is 55.8 Å². The van der Waals surface area contributed by atoms with E-state index in [4.69, 9.17) is 14.2 Å². The van der Waals surface area contributed by atoms with Crippen molar-refractivity contribution in [2.75, 3.05) is 59.4 Å². The highest BCUT2D eigenvalue weighted by atomic mass is 16.5. The Morgan fingerprint density at radius 1 is 1.02 bits per heavy atom. The van der Waals surface area contributed by atoms with Gasteiger partial charge in [0.05, 0.1) is 33.3 Å². The molecule has 9 nitrogen and oxygen atoms in total. The number of aromatic nitrogens is 1. The van der Waals surface area contributed by atoms with Crippen molar-refractivity contribution in [2.45, 2.75) is 75.3 Å². The average molecular weight is 705 g/mol. The first-order valence-corrected chi connectivity index (χ1v) is 19.4. The number of carbonyl (C=O) groups is 2. The minimum Gasteiger partial charge on any atom is -0.496 e. The summed E-state index contributed by atoms with van der Waals surface area (Å²) in [6.07, 6.45) is 12.1. The second-order valence-corrected chi connectivity index (χ2v) is 16.3. The fourth-order valence-corrected chi connectivity index (χ4v) is 12.1. The number of nitrogens with zero attached hydrogens (tertiary/aromatic N) is 2. The molecule has 2 fully saturated rings. The number of hydrogen-bond acceptors (Lipinski definition) is 8. The quantitative estimate of drug-likeness (QED) is 0.235. The summed E-state index contributed by atoms with van der Waals surface area (Å²) >= 11 is 0. The smallest absolute Gasteiger partial charge is 0.322 e. The number of hydrogen-bond donors (Lipinski definition) is 2. The number of fused-ring (bicyclic) bond motifs is 6. The Kier molecular flexibility index (Phi) is 7.94. The first kappa shape index (κ1) is 33.7. The average Bonchev–Trinajstić information content (AvgIpc) is 3.87. The number of methoxy groups -OCH3 is 3. The third-order valence-electron chi connectivity index (χ3n) is 14.2. The molecule has 6 aliphatic rings. The molecule has 1 saturated carbocycles. The Labute approximate surface area is 306 Å². The largest absolute Gasteiger partial charge is 0.496 e. The van der Waals surface area contributed by atoms with Gasteiger partial charge >= 0.3 is 11.9 Å². The minimum atomic E-state index is -1.19. The normalized spacial score (nSPS) is 34.4. The van der Waals surface area contributed by atoms with Crippen LogP contribution in [0.5, 0.6) is 5.75 Å². The summed E-state index contributed by atoms with van der Waals surface area (Å²) in [6, 6.07) is 12.9. The molecule has 1 aromatic heterocycles. The fourth-order valence-electron chi connectivity index (χ4n) is 12.1. The Morgan fingerprint density at radius 3 is 2.63 bits per heavy atom. The van der Waals surface area contributed by atoms with Crippen LogP contribution < -0.4 is 10.1 Å². The van der Waals surface area contributed by atoms with Gasteiger partial charge < -0.3 is 24.5 Å². The lowest BCUT2D eigenvalue weighted by molar-refractivity contribution is -0.151. The number of para-hydroxylation sites is 1. The van der Waals surface area contributed by atoms with Gasteiger partial charge in [-0.3, -0.25) is 19.4 Å². The summed E-state index contributed by atoms with van der Waals surface area (Å²) in [5, 5.41) is 5.05. The summed E-state index contributed by atoms with van der Waals surface area (Å²) < 4.78 is 17.8. The van der Waals surface area contributed by atoms with Crippen molar-refractivity contribution in [1.82, 2.24) is 14.8 Å². The van der Waals surface area contributed by atoms with E-state index in [0.717, 1.165) is 92.7 Å². The van der Waals surface area contributed by atoms with Crippen molar-refractivity contribution >= 4 is 28.5 Å². The third kappa shape index (κ3) is 4.47. The Balaban J connectivity index is 1.33. The van der Waals surface area contributed by atoms with E-state index in [0.29, 0.717) is 12.2 Å². The van der Waals surface area contributed by atoms with Crippen molar-refractivity contribution in [3.8, 4) is 5.75 Å². The fraction of sp³-hybridized carbons (Fsp3) is 0.535. The van der Waals surface area contributed by atoms with E-state index >= 15 is 4.79 Å². The predicted octanol–water partition coefficient (Wildman–Crippen LogP) is 6.12. The molecule has 5 aliphatic heterocycles. The Bertz CT molecular complexity index is 2020. The summed E-state index contributed by atoms with van der Waals surface area (Å²) in [6.45, 7) is 9.10. The zero-order valence-corrected chi connectivity index (χ0v) is 31.2. The van der Waals surface area contributed by atoms with E-state index in [9.17, 15) is 4.79 Å². The zero-order valence-electron chi connectivity index (χ0n) is 31.2. The van der Waals surface area contributed by atoms with E-state index < -0.39 is 5.41 Å². The number of esters is 2. The van der Waals surface area contributed by atoms with E-state index in [-0.39, 0.29) is 46.7 Å². The van der Waals surface area contributed by atoms with Crippen LogP contribution in [-0.2, 0) is 36.3 Å². The number of anilines is 1. The van der Waals surface area contributed by atoms with Crippen molar-refractivity contribution in [3.63, 3.8) is 0 Å². The third-order valence-corrected chi connectivity index (χ3v) is 14.2. The van der Waals surface area contributed by atoms with E-state index in [1.807, 2.05) is 0 Å². The molecule has 1 unspecified atom stereocenters. The van der Waals surface area contributed by atoms with Crippen LogP contribution >= 0.6 is 0 Å². The van der Waals surface area contributed by atoms with Gasteiger partial charge in [0.1, 0.15) is 11.2 Å². The molecule has 2 aromatic carbocycles. The first-order chi connectivity index (χ1) is 25.3. The highest BCUT2D eigenvalue weighted by molar-refractivity contribution is 5.94. The van der Waals surface area contributed by atoms with Crippen LogP contribution in [0.15, 0.2) is 60.2 Å². The van der Waals surface area contributed by atoms with E-state index in [1.165, 1.54) is 30.9 Å². The SMILES string of the molecule is CCC1=C[C@H]2CN(CCc3c([nH]c4ccccc34)[C@@](C(=O)OC)(c3cc4c(cc3OC)N[C@H]3[C@@H](C(=O)OC)C[C@]5(CC)C=CCN6CC[C@]43[C@@H]65)C2)C1. The van der Waals surface area contributed by atoms with Crippen LogP contribution in [0.3, 0.4) is 0 Å². The molecule has 2 N–H and O–H groups in total. The molecule has 9 rings (SSSR count). The lowest BCUT2D eigenvalue weighted by Crippen LogP contribution is -2.66. The van der Waals surface area contributed by atoms with Gasteiger partial charge in [0, 0.05) is 77.0 Å². The molecule has 3 aromatic rings. The monoisotopic (exact) mass is 704 g/mol. The van der Waals surface area contributed by atoms with E-state index in [2.05, 4.69) is 88.6 Å². The highest BCUT2D eigenvalue weighted by Crippen LogP contribution is 2.65. The lowest BCUT2D eigenvalue weighted by Gasteiger charge is -2.57. The van der Waals surface area contributed by atoms with Crippen LogP contribution in [-0.4, -0.2) is 92.9 Å². The summed E-state index contributed by atoms with van der Waals surface area (Å²) in [5.41, 5.74) is 5.78. The molecule has 2 bridgehead atoms. The Hall–Kier alpha value is -4.08. The maximum Gasteiger partial charge on any atom is 0.322 e. The number of H-pyrrole nitrogens is 1. The molecule has 9 heteroatoms. The molecule has 0 radical (unpaired) electrons. The minimum absolute atomic E-state index is 0.124.